The minimum atomic E-state index is -0.388. The number of amides is 2. The average molecular weight is 380 g/mol. The Morgan fingerprint density at radius 1 is 0.964 bits per heavy atom. The number of para-hydroxylation sites is 1. The summed E-state index contributed by atoms with van der Waals surface area (Å²) >= 11 is 0. The molecule has 0 atom stereocenters. The Hall–Kier alpha value is -3.09. The molecule has 0 aliphatic carbocycles. The van der Waals surface area contributed by atoms with Crippen LogP contribution in [0.3, 0.4) is 0 Å². The van der Waals surface area contributed by atoms with Gasteiger partial charge >= 0.3 is 0 Å². The third kappa shape index (κ3) is 2.69. The molecule has 0 radical (unpaired) electrons. The van der Waals surface area contributed by atoms with Gasteiger partial charge in [-0.3, -0.25) is 24.4 Å². The molecular weight excluding hydrogens is 356 g/mol. The van der Waals surface area contributed by atoms with Crippen LogP contribution < -0.4 is 5.56 Å². The van der Waals surface area contributed by atoms with E-state index < -0.39 is 0 Å². The Morgan fingerprint density at radius 3 is 2.21 bits per heavy atom. The van der Waals surface area contributed by atoms with Crippen LogP contribution in [-0.4, -0.2) is 50.5 Å². The molecular formula is C21H24N4O3. The first-order valence-electron chi connectivity index (χ1n) is 9.66. The maximum Gasteiger partial charge on any atom is 0.279 e. The number of carbonyl (C=O) groups is 2. The van der Waals surface area contributed by atoms with Crippen molar-refractivity contribution in [2.45, 2.75) is 39.7 Å². The first-order valence-corrected chi connectivity index (χ1v) is 9.66. The average Bonchev–Trinajstić information content (AvgIpc) is 3.34. The molecule has 2 aliphatic rings. The standard InChI is InChI=1S/C21H24N4O3/c1-13(2)24-19(26)17(18(21(24)28)23-11-7-8-12-23)16-14(3)22-25(20(16)27)15-9-5-4-6-10-15/h4-6,9-10,13,22H,7-8,11-12H2,1-3H3. The molecule has 7 heteroatoms. The van der Waals surface area contributed by atoms with Gasteiger partial charge in [0.1, 0.15) is 5.70 Å². The van der Waals surface area contributed by atoms with Crippen LogP contribution in [-0.2, 0) is 9.59 Å². The summed E-state index contributed by atoms with van der Waals surface area (Å²) in [5.74, 6) is -0.690. The molecule has 146 valence electrons. The lowest BCUT2D eigenvalue weighted by molar-refractivity contribution is -0.139. The minimum Gasteiger partial charge on any atom is -0.366 e. The fourth-order valence-electron chi connectivity index (χ4n) is 4.06. The molecule has 1 aromatic heterocycles. The zero-order valence-electron chi connectivity index (χ0n) is 16.4. The molecule has 0 bridgehead atoms. The highest BCUT2D eigenvalue weighted by Gasteiger charge is 2.45. The maximum absolute atomic E-state index is 13.3. The third-order valence-electron chi connectivity index (χ3n) is 5.37. The van der Waals surface area contributed by atoms with E-state index >= 15 is 0 Å². The number of hydrogen-bond acceptors (Lipinski definition) is 4. The van der Waals surface area contributed by atoms with Gasteiger partial charge in [-0.2, -0.15) is 0 Å². The van der Waals surface area contributed by atoms with E-state index in [4.69, 9.17) is 0 Å². The fourth-order valence-corrected chi connectivity index (χ4v) is 4.06. The van der Waals surface area contributed by atoms with Crippen molar-refractivity contribution in [2.75, 3.05) is 13.1 Å². The predicted octanol–water partition coefficient (Wildman–Crippen LogP) is 2.06. The van der Waals surface area contributed by atoms with Crippen molar-refractivity contribution in [1.82, 2.24) is 19.6 Å². The number of rotatable bonds is 4. The summed E-state index contributed by atoms with van der Waals surface area (Å²) in [7, 11) is 0. The molecule has 4 rings (SSSR count). The lowest BCUT2D eigenvalue weighted by Gasteiger charge is -2.22. The van der Waals surface area contributed by atoms with Crippen LogP contribution in [0.25, 0.3) is 11.3 Å². The van der Waals surface area contributed by atoms with Crippen LogP contribution in [0.15, 0.2) is 40.8 Å². The molecule has 2 aliphatic heterocycles. The third-order valence-corrected chi connectivity index (χ3v) is 5.37. The number of H-pyrrole nitrogens is 1. The Balaban J connectivity index is 1.93. The molecule has 0 saturated carbocycles. The van der Waals surface area contributed by atoms with Crippen molar-refractivity contribution in [3.8, 4) is 5.69 Å². The second-order valence-electron chi connectivity index (χ2n) is 7.58. The summed E-state index contributed by atoms with van der Waals surface area (Å²) in [5.41, 5.74) is 1.83. The Kier molecular flexibility index (Phi) is 4.45. The maximum atomic E-state index is 13.3. The smallest absolute Gasteiger partial charge is 0.279 e. The normalized spacial score (nSPS) is 17.6. The van der Waals surface area contributed by atoms with Crippen LogP contribution in [0.5, 0.6) is 0 Å². The topological polar surface area (TPSA) is 78.4 Å². The largest absolute Gasteiger partial charge is 0.366 e. The highest BCUT2D eigenvalue weighted by molar-refractivity contribution is 6.35. The van der Waals surface area contributed by atoms with Crippen LogP contribution in [0.2, 0.25) is 0 Å². The van der Waals surface area contributed by atoms with Gasteiger partial charge < -0.3 is 4.90 Å². The molecule has 3 heterocycles. The molecule has 0 spiro atoms. The molecule has 1 aromatic carbocycles. The summed E-state index contributed by atoms with van der Waals surface area (Å²) < 4.78 is 1.43. The molecule has 2 amide bonds. The summed E-state index contributed by atoms with van der Waals surface area (Å²) in [6.45, 7) is 6.83. The van der Waals surface area contributed by atoms with Crippen molar-refractivity contribution in [3.63, 3.8) is 0 Å². The van der Waals surface area contributed by atoms with E-state index in [-0.39, 0.29) is 34.6 Å². The van der Waals surface area contributed by atoms with Crippen molar-refractivity contribution >= 4 is 17.4 Å². The number of benzene rings is 1. The van der Waals surface area contributed by atoms with Gasteiger partial charge in [0.15, 0.2) is 0 Å². The molecule has 28 heavy (non-hydrogen) atoms. The molecule has 1 fully saturated rings. The Morgan fingerprint density at radius 2 is 1.61 bits per heavy atom. The SMILES string of the molecule is Cc1[nH]n(-c2ccccc2)c(=O)c1C1=C(N2CCCC2)C(=O)N(C(C)C)C1=O. The highest BCUT2D eigenvalue weighted by atomic mass is 16.2. The van der Waals surface area contributed by atoms with Gasteiger partial charge in [0.2, 0.25) is 0 Å². The summed E-state index contributed by atoms with van der Waals surface area (Å²) in [6.07, 6.45) is 1.95. The van der Waals surface area contributed by atoms with Crippen LogP contribution in [0, 0.1) is 6.92 Å². The molecule has 7 nitrogen and oxygen atoms in total. The van der Waals surface area contributed by atoms with Gasteiger partial charge in [-0.05, 0) is 45.7 Å². The van der Waals surface area contributed by atoms with Crippen LogP contribution in [0.1, 0.15) is 37.9 Å². The second kappa shape index (κ2) is 6.82. The zero-order valence-corrected chi connectivity index (χ0v) is 16.4. The summed E-state index contributed by atoms with van der Waals surface area (Å²) in [6, 6.07) is 8.93. The van der Waals surface area contributed by atoms with E-state index in [2.05, 4.69) is 5.10 Å². The number of aryl methyl sites for hydroxylation is 1. The quantitative estimate of drug-likeness (QED) is 0.824. The highest BCUT2D eigenvalue weighted by Crippen LogP contribution is 2.34. The van der Waals surface area contributed by atoms with Crippen molar-refractivity contribution < 1.29 is 9.59 Å². The van der Waals surface area contributed by atoms with Crippen LogP contribution in [0.4, 0.5) is 0 Å². The number of hydrogen-bond donors (Lipinski definition) is 1. The first-order chi connectivity index (χ1) is 13.4. The van der Waals surface area contributed by atoms with E-state index in [1.807, 2.05) is 49.1 Å². The van der Waals surface area contributed by atoms with Gasteiger partial charge in [0.25, 0.3) is 17.4 Å². The molecule has 1 N–H and O–H groups in total. The number of aromatic nitrogens is 2. The second-order valence-corrected chi connectivity index (χ2v) is 7.58. The molecule has 1 saturated heterocycles. The van der Waals surface area contributed by atoms with Crippen molar-refractivity contribution in [2.24, 2.45) is 0 Å². The summed E-state index contributed by atoms with van der Waals surface area (Å²) in [5, 5.41) is 3.07. The van der Waals surface area contributed by atoms with E-state index in [0.29, 0.717) is 17.1 Å². The minimum absolute atomic E-state index is 0.231. The Labute approximate surface area is 163 Å². The number of carbonyl (C=O) groups excluding carboxylic acids is 2. The van der Waals surface area contributed by atoms with Gasteiger partial charge in [-0.1, -0.05) is 18.2 Å². The van der Waals surface area contributed by atoms with Crippen molar-refractivity contribution in [1.29, 1.82) is 0 Å². The number of aromatic amines is 1. The lowest BCUT2D eigenvalue weighted by atomic mass is 10.0. The first kappa shape index (κ1) is 18.3. The zero-order chi connectivity index (χ0) is 20.0. The van der Waals surface area contributed by atoms with E-state index in [1.165, 1.54) is 9.58 Å². The van der Waals surface area contributed by atoms with Gasteiger partial charge in [0.05, 0.1) is 16.8 Å². The number of nitrogens with one attached hydrogen (secondary N) is 1. The summed E-state index contributed by atoms with van der Waals surface area (Å²) in [4.78, 5) is 42.8. The number of nitrogens with zero attached hydrogens (tertiary/aromatic N) is 3. The van der Waals surface area contributed by atoms with Gasteiger partial charge in [0, 0.05) is 24.8 Å². The Bertz CT molecular complexity index is 1020. The lowest BCUT2D eigenvalue weighted by Crippen LogP contribution is -2.39. The van der Waals surface area contributed by atoms with Gasteiger partial charge in [-0.25, -0.2) is 4.68 Å². The van der Waals surface area contributed by atoms with E-state index in [0.717, 1.165) is 25.9 Å². The molecule has 2 aromatic rings. The van der Waals surface area contributed by atoms with Crippen LogP contribution >= 0.6 is 0 Å². The number of imide groups is 1. The monoisotopic (exact) mass is 380 g/mol. The van der Waals surface area contributed by atoms with E-state index in [9.17, 15) is 14.4 Å². The number of likely N-dealkylation sites (tertiary alicyclic amines) is 1. The van der Waals surface area contributed by atoms with Crippen molar-refractivity contribution in [3.05, 3.63) is 57.6 Å². The fraction of sp³-hybridized carbons (Fsp3) is 0.381. The van der Waals surface area contributed by atoms with Gasteiger partial charge in [-0.15, -0.1) is 0 Å². The van der Waals surface area contributed by atoms with E-state index in [1.54, 1.807) is 6.92 Å². The molecule has 0 unspecified atom stereocenters. The predicted molar refractivity (Wildman–Crippen MR) is 106 cm³/mol.